The van der Waals surface area contributed by atoms with Crippen molar-refractivity contribution in [1.29, 1.82) is 0 Å². The summed E-state index contributed by atoms with van der Waals surface area (Å²) >= 11 is 0. The molecule has 0 aliphatic carbocycles. The van der Waals surface area contributed by atoms with Gasteiger partial charge in [-0.05, 0) is 108 Å². The van der Waals surface area contributed by atoms with Crippen LogP contribution in [0.1, 0.15) is 237 Å². The summed E-state index contributed by atoms with van der Waals surface area (Å²) < 4.78 is 11.0. The van der Waals surface area contributed by atoms with E-state index in [-0.39, 0.29) is 7.43 Å². The number of rotatable bonds is 21. The van der Waals surface area contributed by atoms with E-state index in [1.807, 2.05) is 0 Å². The van der Waals surface area contributed by atoms with Crippen LogP contribution in [-0.2, 0) is 9.47 Å². The average molecular weight is 812 g/mol. The molecule has 2 rings (SSSR count). The molecule has 0 spiro atoms. The van der Waals surface area contributed by atoms with Gasteiger partial charge in [0.1, 0.15) is 0 Å². The van der Waals surface area contributed by atoms with Gasteiger partial charge in [0.05, 0.1) is 0 Å². The summed E-state index contributed by atoms with van der Waals surface area (Å²) in [6, 6.07) is 0. The molecule has 2 aliphatic heterocycles. The summed E-state index contributed by atoms with van der Waals surface area (Å²) in [5, 5.41) is 0. The van der Waals surface area contributed by atoms with Crippen LogP contribution >= 0.6 is 0 Å². The van der Waals surface area contributed by atoms with Crippen LogP contribution in [-0.4, -0.2) is 26.4 Å². The van der Waals surface area contributed by atoms with Crippen molar-refractivity contribution in [3.8, 4) is 0 Å². The average Bonchev–Trinajstić information content (AvgIpc) is 3.79. The summed E-state index contributed by atoms with van der Waals surface area (Å²) in [6.07, 6.45) is 16.9. The van der Waals surface area contributed by atoms with E-state index in [1.54, 1.807) is 0 Å². The van der Waals surface area contributed by atoms with Crippen molar-refractivity contribution < 1.29 is 9.47 Å². The zero-order valence-electron chi connectivity index (χ0n) is 43.4. The number of hydrogen-bond donors (Lipinski definition) is 0. The zero-order valence-corrected chi connectivity index (χ0v) is 43.4. The van der Waals surface area contributed by atoms with Crippen LogP contribution in [0.4, 0.5) is 0 Å². The van der Waals surface area contributed by atoms with Crippen LogP contribution in [0, 0.1) is 94.7 Å². The van der Waals surface area contributed by atoms with Crippen LogP contribution in [0.25, 0.3) is 0 Å². The molecule has 2 heteroatoms. The van der Waals surface area contributed by atoms with Gasteiger partial charge in [0.2, 0.25) is 0 Å². The lowest BCUT2D eigenvalue weighted by molar-refractivity contribution is 0.172. The molecule has 2 saturated heterocycles. The van der Waals surface area contributed by atoms with E-state index < -0.39 is 0 Å². The van der Waals surface area contributed by atoms with E-state index in [4.69, 9.17) is 9.47 Å². The molecule has 0 aromatic heterocycles. The van der Waals surface area contributed by atoms with Gasteiger partial charge in [-0.15, -0.1) is 0 Å². The van der Waals surface area contributed by atoms with Gasteiger partial charge in [-0.25, -0.2) is 0 Å². The van der Waals surface area contributed by atoms with Crippen LogP contribution in [0.15, 0.2) is 0 Å². The fourth-order valence-corrected chi connectivity index (χ4v) is 8.56. The van der Waals surface area contributed by atoms with Gasteiger partial charge in [0, 0.05) is 26.4 Å². The van der Waals surface area contributed by atoms with Crippen molar-refractivity contribution in [3.63, 3.8) is 0 Å². The van der Waals surface area contributed by atoms with E-state index in [9.17, 15) is 0 Å². The lowest BCUT2D eigenvalue weighted by Crippen LogP contribution is -2.22. The Hall–Kier alpha value is -0.0800. The standard InChI is InChI=1S/2C13H28.2C10H20O.C8H18.CH4/c2*1-6-7-8-9-13(12(4)5)10-11(2)3;2*1-7(2)9-5-11-6-10(9)8(3)4;1-7(2)5-6-8(3)4;/h2*11-13H,6-10H2,1-5H3;2*7-10H,5-6H2,1-4H3;7-8H,5-6H2,1-4H3;1H4/t;;9-,10+;;;. The molecule has 4 unspecified atom stereocenters. The molecule has 57 heavy (non-hydrogen) atoms. The third kappa shape index (κ3) is 36.3. The van der Waals surface area contributed by atoms with E-state index in [0.717, 1.165) is 121 Å². The van der Waals surface area contributed by atoms with Crippen molar-refractivity contribution in [1.82, 2.24) is 0 Å². The van der Waals surface area contributed by atoms with Gasteiger partial charge < -0.3 is 9.47 Å². The second kappa shape index (κ2) is 38.8. The van der Waals surface area contributed by atoms with Gasteiger partial charge in [-0.2, -0.15) is 0 Å². The summed E-state index contributed by atoms with van der Waals surface area (Å²) in [7, 11) is 0. The molecule has 0 aromatic rings. The van der Waals surface area contributed by atoms with Gasteiger partial charge >= 0.3 is 0 Å². The van der Waals surface area contributed by atoms with Gasteiger partial charge in [0.15, 0.2) is 0 Å². The molecule has 2 fully saturated rings. The summed E-state index contributed by atoms with van der Waals surface area (Å²) in [4.78, 5) is 0. The van der Waals surface area contributed by atoms with Crippen molar-refractivity contribution in [2.75, 3.05) is 26.4 Å². The highest BCUT2D eigenvalue weighted by Crippen LogP contribution is 2.34. The lowest BCUT2D eigenvalue weighted by atomic mass is 9.80. The van der Waals surface area contributed by atoms with Crippen LogP contribution in [0.3, 0.4) is 0 Å². The van der Waals surface area contributed by atoms with Gasteiger partial charge in [-0.3, -0.25) is 0 Å². The second-order valence-corrected chi connectivity index (χ2v) is 22.3. The first-order valence-electron chi connectivity index (χ1n) is 25.2. The highest BCUT2D eigenvalue weighted by atomic mass is 16.5. The molecular formula is C55H118O2. The third-order valence-corrected chi connectivity index (χ3v) is 12.9. The molecule has 2 aliphatic rings. The Kier molecular flexibility index (Phi) is 43.3. The van der Waals surface area contributed by atoms with Gasteiger partial charge in [-0.1, -0.05) is 224 Å². The Morgan fingerprint density at radius 2 is 0.596 bits per heavy atom. The van der Waals surface area contributed by atoms with E-state index in [0.29, 0.717) is 0 Å². The molecule has 350 valence electrons. The molecule has 6 atom stereocenters. The SMILES string of the molecule is C.CC(C)C1COCC1C(C)C.CC(C)CCC(C)C.CC(C)[C@H]1COC[C@H]1C(C)C.CCCCCC(CC(C)C)C(C)C.CCCCCC(CC(C)C)C(C)C. The van der Waals surface area contributed by atoms with E-state index >= 15 is 0 Å². The second-order valence-electron chi connectivity index (χ2n) is 22.3. The van der Waals surface area contributed by atoms with Crippen LogP contribution in [0.5, 0.6) is 0 Å². The summed E-state index contributed by atoms with van der Waals surface area (Å²) in [5.41, 5.74) is 0. The molecule has 0 aromatic carbocycles. The van der Waals surface area contributed by atoms with Crippen molar-refractivity contribution in [2.24, 2.45) is 94.7 Å². The molecule has 0 saturated carbocycles. The smallest absolute Gasteiger partial charge is 0.0500 e. The Morgan fingerprint density at radius 3 is 0.754 bits per heavy atom. The highest BCUT2D eigenvalue weighted by Gasteiger charge is 2.33. The van der Waals surface area contributed by atoms with Crippen molar-refractivity contribution in [2.45, 2.75) is 237 Å². The first-order chi connectivity index (χ1) is 26.0. The monoisotopic (exact) mass is 811 g/mol. The quantitative estimate of drug-likeness (QED) is 0.108. The van der Waals surface area contributed by atoms with E-state index in [1.165, 1.54) is 77.0 Å². The maximum absolute atomic E-state index is 5.49. The first kappa shape index (κ1) is 63.6. The molecule has 0 amide bonds. The predicted octanol–water partition coefficient (Wildman–Crippen LogP) is 18.6. The largest absolute Gasteiger partial charge is 0.381 e. The van der Waals surface area contributed by atoms with Gasteiger partial charge in [0.25, 0.3) is 0 Å². The maximum Gasteiger partial charge on any atom is 0.0500 e. The molecule has 0 radical (unpaired) electrons. The Balaban J connectivity index is -0.000000309. The number of ether oxygens (including phenoxy) is 2. The van der Waals surface area contributed by atoms with E-state index in [2.05, 4.69) is 152 Å². The van der Waals surface area contributed by atoms with Crippen molar-refractivity contribution in [3.05, 3.63) is 0 Å². The van der Waals surface area contributed by atoms with Crippen molar-refractivity contribution >= 4 is 0 Å². The van der Waals surface area contributed by atoms with Crippen LogP contribution < -0.4 is 0 Å². The summed E-state index contributed by atoms with van der Waals surface area (Å²) in [5.74, 6) is 13.5. The molecule has 0 bridgehead atoms. The number of unbranched alkanes of at least 4 members (excludes halogenated alkanes) is 4. The predicted molar refractivity (Wildman–Crippen MR) is 264 cm³/mol. The molecule has 0 N–H and O–H groups in total. The zero-order chi connectivity index (χ0) is 44.0. The third-order valence-electron chi connectivity index (χ3n) is 12.9. The fraction of sp³-hybridized carbons (Fsp3) is 1.00. The Labute approximate surface area is 366 Å². The fourth-order valence-electron chi connectivity index (χ4n) is 8.56. The minimum Gasteiger partial charge on any atom is -0.381 e. The highest BCUT2D eigenvalue weighted by molar-refractivity contribution is 4.80. The molecular weight excluding hydrogens is 693 g/mol. The molecule has 2 heterocycles. The lowest BCUT2D eigenvalue weighted by Gasteiger charge is -2.23. The normalized spacial score (nSPS) is 20.4. The minimum atomic E-state index is 0. The maximum atomic E-state index is 5.49. The minimum absolute atomic E-state index is 0. The number of hydrogen-bond acceptors (Lipinski definition) is 2. The molecule has 2 nitrogen and oxygen atoms in total. The Morgan fingerprint density at radius 1 is 0.351 bits per heavy atom. The van der Waals surface area contributed by atoms with Crippen LogP contribution in [0.2, 0.25) is 0 Å². The first-order valence-corrected chi connectivity index (χ1v) is 25.2. The Bertz CT molecular complexity index is 696. The summed E-state index contributed by atoms with van der Waals surface area (Å²) in [6.45, 7) is 54.9. The topological polar surface area (TPSA) is 18.5 Å².